The van der Waals surface area contributed by atoms with Gasteiger partial charge in [0.15, 0.2) is 5.92 Å². The Bertz CT molecular complexity index is 1180. The van der Waals surface area contributed by atoms with E-state index in [0.29, 0.717) is 22.3 Å². The van der Waals surface area contributed by atoms with Crippen molar-refractivity contribution in [3.05, 3.63) is 76.9 Å². The number of halogens is 1. The number of ether oxygens (including phenoxy) is 1. The Kier molecular flexibility index (Phi) is 6.50. The van der Waals surface area contributed by atoms with Gasteiger partial charge in [-0.1, -0.05) is 23.7 Å². The molecule has 1 atom stereocenters. The van der Waals surface area contributed by atoms with Gasteiger partial charge in [-0.15, -0.1) is 5.10 Å². The summed E-state index contributed by atoms with van der Waals surface area (Å²) in [4.78, 5) is 30.0. The molecule has 1 amide bonds. The fourth-order valence-corrected chi connectivity index (χ4v) is 3.27. The fourth-order valence-electron chi connectivity index (χ4n) is 3.15. The average molecular weight is 466 g/mol. The van der Waals surface area contributed by atoms with Crippen molar-refractivity contribution in [1.29, 1.82) is 0 Å². The molecule has 0 bridgehead atoms. The molecule has 1 unspecified atom stereocenters. The van der Waals surface area contributed by atoms with Crippen LogP contribution in [0, 0.1) is 12.8 Å². The van der Waals surface area contributed by atoms with Crippen LogP contribution < -0.4 is 10.1 Å². The maximum Gasteiger partial charge on any atom is 0.318 e. The predicted octanol–water partition coefficient (Wildman–Crippen LogP) is 3.74. The van der Waals surface area contributed by atoms with Gasteiger partial charge >= 0.3 is 5.97 Å². The number of rotatable bonds is 6. The number of aryl methyl sites for hydroxylation is 1. The molecule has 0 spiro atoms. The third-order valence-corrected chi connectivity index (χ3v) is 5.15. The van der Waals surface area contributed by atoms with E-state index >= 15 is 0 Å². The van der Waals surface area contributed by atoms with Gasteiger partial charge in [-0.3, -0.25) is 19.5 Å². The first-order chi connectivity index (χ1) is 15.9. The second kappa shape index (κ2) is 9.66. The minimum absolute atomic E-state index is 0.138. The van der Waals surface area contributed by atoms with E-state index in [9.17, 15) is 14.7 Å². The first-order valence-corrected chi connectivity index (χ1v) is 10.5. The monoisotopic (exact) mass is 465 g/mol. The highest BCUT2D eigenvalue weighted by atomic mass is 35.5. The number of carbonyl (C=O) groups is 2. The molecule has 9 nitrogen and oxygen atoms in total. The molecule has 0 aliphatic carbocycles. The molecule has 1 aliphatic rings. The molecule has 0 saturated heterocycles. The zero-order chi connectivity index (χ0) is 23.4. The van der Waals surface area contributed by atoms with Crippen LogP contribution in [0.5, 0.6) is 11.6 Å². The number of carboxylic acids is 1. The topological polar surface area (TPSA) is 117 Å². The summed E-state index contributed by atoms with van der Waals surface area (Å²) in [6.07, 6.45) is 0. The highest BCUT2D eigenvalue weighted by molar-refractivity contribution is 6.30. The summed E-state index contributed by atoms with van der Waals surface area (Å²) in [5, 5.41) is 21.0. The lowest BCUT2D eigenvalue weighted by Crippen LogP contribution is -2.50. The van der Waals surface area contributed by atoms with Crippen LogP contribution in [0.25, 0.3) is 0 Å². The number of hydrogen-bond acceptors (Lipinski definition) is 7. The van der Waals surface area contributed by atoms with Gasteiger partial charge in [0.25, 0.3) is 0 Å². The molecule has 33 heavy (non-hydrogen) atoms. The Morgan fingerprint density at radius 3 is 2.48 bits per heavy atom. The summed E-state index contributed by atoms with van der Waals surface area (Å²) in [5.74, 6) is -1.76. The number of nitrogens with one attached hydrogen (secondary N) is 1. The molecule has 4 rings (SSSR count). The summed E-state index contributed by atoms with van der Waals surface area (Å²) < 4.78 is 5.67. The lowest BCUT2D eigenvalue weighted by Gasteiger charge is -2.31. The Balaban J connectivity index is 1.51. The summed E-state index contributed by atoms with van der Waals surface area (Å²) in [6, 6.07) is 17.5. The van der Waals surface area contributed by atoms with Crippen molar-refractivity contribution in [3.63, 3.8) is 0 Å². The number of anilines is 1. The molecule has 0 fully saturated rings. The van der Waals surface area contributed by atoms with Gasteiger partial charge in [0.05, 0.1) is 18.8 Å². The summed E-state index contributed by atoms with van der Waals surface area (Å²) >= 11 is 5.94. The third kappa shape index (κ3) is 5.45. The number of guanidine groups is 1. The largest absolute Gasteiger partial charge is 0.481 e. The van der Waals surface area contributed by atoms with Gasteiger partial charge in [-0.2, -0.15) is 5.10 Å². The zero-order valence-corrected chi connectivity index (χ0v) is 18.4. The molecule has 1 aromatic heterocycles. The summed E-state index contributed by atoms with van der Waals surface area (Å²) in [5.41, 5.74) is 2.23. The first kappa shape index (κ1) is 22.2. The van der Waals surface area contributed by atoms with Crippen LogP contribution in [0.1, 0.15) is 11.3 Å². The number of amides is 1. The molecule has 10 heteroatoms. The highest BCUT2D eigenvalue weighted by Crippen LogP contribution is 2.23. The number of aliphatic imine (C=N–C) groups is 1. The van der Waals surface area contributed by atoms with E-state index < -0.39 is 17.8 Å². The number of benzene rings is 2. The van der Waals surface area contributed by atoms with Crippen LogP contribution in [0.4, 0.5) is 5.69 Å². The Hall–Kier alpha value is -3.98. The molecule has 2 N–H and O–H groups in total. The molecular formula is C23H20ClN5O4. The van der Waals surface area contributed by atoms with Crippen LogP contribution in [-0.4, -0.2) is 44.6 Å². The SMILES string of the molecule is Cc1ccc(Oc2ccc(NC3=NCC(C(=O)O)C(=O)N3Cc3ccc(Cl)cc3)cc2)nn1. The lowest BCUT2D eigenvalue weighted by molar-refractivity contribution is -0.149. The number of aliphatic carboxylic acids is 1. The van der Waals surface area contributed by atoms with E-state index in [1.807, 2.05) is 6.92 Å². The van der Waals surface area contributed by atoms with Gasteiger partial charge < -0.3 is 15.2 Å². The molecule has 0 radical (unpaired) electrons. The van der Waals surface area contributed by atoms with E-state index in [0.717, 1.165) is 11.3 Å². The van der Waals surface area contributed by atoms with Crippen LogP contribution in [0.15, 0.2) is 65.7 Å². The van der Waals surface area contributed by atoms with Gasteiger partial charge in [-0.25, -0.2) is 0 Å². The smallest absolute Gasteiger partial charge is 0.318 e. The lowest BCUT2D eigenvalue weighted by atomic mass is 10.1. The maximum absolute atomic E-state index is 12.9. The fraction of sp³-hybridized carbons (Fsp3) is 0.174. The highest BCUT2D eigenvalue weighted by Gasteiger charge is 2.36. The zero-order valence-electron chi connectivity index (χ0n) is 17.6. The Labute approximate surface area is 194 Å². The minimum atomic E-state index is -1.23. The number of carbonyl (C=O) groups excluding carboxylic acids is 1. The van der Waals surface area contributed by atoms with Crippen molar-refractivity contribution in [2.75, 3.05) is 11.9 Å². The maximum atomic E-state index is 12.9. The van der Waals surface area contributed by atoms with Crippen molar-refractivity contribution in [2.24, 2.45) is 10.9 Å². The van der Waals surface area contributed by atoms with Crippen LogP contribution in [0.2, 0.25) is 5.02 Å². The minimum Gasteiger partial charge on any atom is -0.481 e. The summed E-state index contributed by atoms with van der Waals surface area (Å²) in [7, 11) is 0. The predicted molar refractivity (Wildman–Crippen MR) is 122 cm³/mol. The van der Waals surface area contributed by atoms with Crippen molar-refractivity contribution < 1.29 is 19.4 Å². The molecule has 2 heterocycles. The second-order valence-electron chi connectivity index (χ2n) is 7.37. The van der Waals surface area contributed by atoms with E-state index in [2.05, 4.69) is 20.5 Å². The van der Waals surface area contributed by atoms with E-state index in [-0.39, 0.29) is 19.0 Å². The average Bonchev–Trinajstić information content (AvgIpc) is 2.80. The molecular weight excluding hydrogens is 446 g/mol. The molecule has 2 aromatic carbocycles. The van der Waals surface area contributed by atoms with Crippen LogP contribution >= 0.6 is 11.6 Å². The quantitative estimate of drug-likeness (QED) is 0.532. The molecule has 3 aromatic rings. The Morgan fingerprint density at radius 2 is 1.85 bits per heavy atom. The van der Waals surface area contributed by atoms with E-state index in [1.165, 1.54) is 4.90 Å². The van der Waals surface area contributed by atoms with Crippen molar-refractivity contribution in [1.82, 2.24) is 15.1 Å². The van der Waals surface area contributed by atoms with Gasteiger partial charge in [0, 0.05) is 16.8 Å². The summed E-state index contributed by atoms with van der Waals surface area (Å²) in [6.45, 7) is 1.85. The number of hydrogen-bond donors (Lipinski definition) is 2. The van der Waals surface area contributed by atoms with Crippen LogP contribution in [0.3, 0.4) is 0 Å². The second-order valence-corrected chi connectivity index (χ2v) is 7.81. The molecule has 1 aliphatic heterocycles. The Morgan fingerprint density at radius 1 is 1.12 bits per heavy atom. The van der Waals surface area contributed by atoms with Crippen LogP contribution in [-0.2, 0) is 16.1 Å². The third-order valence-electron chi connectivity index (χ3n) is 4.90. The molecule has 168 valence electrons. The number of aromatic nitrogens is 2. The molecule has 0 saturated carbocycles. The van der Waals surface area contributed by atoms with Gasteiger partial charge in [-0.05, 0) is 55.0 Å². The van der Waals surface area contributed by atoms with E-state index in [4.69, 9.17) is 16.3 Å². The normalized spacial score (nSPS) is 15.7. The van der Waals surface area contributed by atoms with Crippen molar-refractivity contribution >= 4 is 35.1 Å². The van der Waals surface area contributed by atoms with Gasteiger partial charge in [0.1, 0.15) is 5.75 Å². The standard InChI is InChI=1S/C23H20ClN5O4/c1-14-2-11-20(28-27-14)33-18-9-7-17(8-10-18)26-23-25-12-19(22(31)32)21(30)29(23)13-15-3-5-16(24)6-4-15/h2-11,19H,12-13H2,1H3,(H,25,26)(H,31,32). The first-order valence-electron chi connectivity index (χ1n) is 10.1. The van der Waals surface area contributed by atoms with Crippen molar-refractivity contribution in [3.8, 4) is 11.6 Å². The van der Waals surface area contributed by atoms with Gasteiger partial charge in [0.2, 0.25) is 17.7 Å². The number of nitrogens with zero attached hydrogens (tertiary/aromatic N) is 4. The van der Waals surface area contributed by atoms with Crippen molar-refractivity contribution in [2.45, 2.75) is 13.5 Å². The number of carboxylic acid groups (broad SMARTS) is 1. The van der Waals surface area contributed by atoms with E-state index in [1.54, 1.807) is 60.7 Å².